The van der Waals surface area contributed by atoms with E-state index in [0.717, 1.165) is 22.4 Å². The summed E-state index contributed by atoms with van der Waals surface area (Å²) in [5, 5.41) is 1.05. The van der Waals surface area contributed by atoms with E-state index < -0.39 is 0 Å². The van der Waals surface area contributed by atoms with Crippen LogP contribution in [0.2, 0.25) is 10.0 Å². The Labute approximate surface area is 142 Å². The molecule has 1 atom stereocenters. The lowest BCUT2D eigenvalue weighted by molar-refractivity contribution is 0.644. The number of benzene rings is 2. The van der Waals surface area contributed by atoms with Crippen LogP contribution in [0.5, 0.6) is 0 Å². The van der Waals surface area contributed by atoms with E-state index in [1.165, 1.54) is 0 Å². The minimum atomic E-state index is -0.153. The van der Waals surface area contributed by atoms with Crippen molar-refractivity contribution in [3.8, 4) is 0 Å². The van der Waals surface area contributed by atoms with E-state index in [2.05, 4.69) is 9.97 Å². The summed E-state index contributed by atoms with van der Waals surface area (Å²) < 4.78 is 1.98. The van der Waals surface area contributed by atoms with Gasteiger partial charge in [0, 0.05) is 12.4 Å². The lowest BCUT2D eigenvalue weighted by Gasteiger charge is -2.17. The molecule has 0 saturated heterocycles. The first kappa shape index (κ1) is 14.3. The second kappa shape index (κ2) is 5.72. The predicted molar refractivity (Wildman–Crippen MR) is 92.0 cm³/mol. The average molecular weight is 343 g/mol. The first-order valence-corrected chi connectivity index (χ1v) is 7.85. The van der Waals surface area contributed by atoms with Gasteiger partial charge in [0.05, 0.1) is 27.4 Å². The van der Waals surface area contributed by atoms with Gasteiger partial charge >= 0.3 is 0 Å². The summed E-state index contributed by atoms with van der Waals surface area (Å²) in [6.07, 6.45) is 5.41. The van der Waals surface area contributed by atoms with Crippen molar-refractivity contribution < 1.29 is 0 Å². The van der Waals surface area contributed by atoms with Gasteiger partial charge < -0.3 is 9.55 Å². The molecular formula is C17H12Cl2N4. The van der Waals surface area contributed by atoms with Gasteiger partial charge in [-0.2, -0.15) is 0 Å². The molecule has 0 spiro atoms. The maximum atomic E-state index is 6.20. The van der Waals surface area contributed by atoms with Crippen LogP contribution in [0.15, 0.2) is 61.2 Å². The van der Waals surface area contributed by atoms with Gasteiger partial charge in [-0.05, 0) is 29.8 Å². The Balaban J connectivity index is 1.90. The van der Waals surface area contributed by atoms with Crippen molar-refractivity contribution in [1.82, 2.24) is 19.5 Å². The Bertz CT molecular complexity index is 927. The lowest BCUT2D eigenvalue weighted by atomic mass is 10.1. The van der Waals surface area contributed by atoms with Gasteiger partial charge in [0.25, 0.3) is 0 Å². The molecule has 0 aliphatic rings. The maximum absolute atomic E-state index is 6.20. The molecule has 0 fully saturated rings. The molecule has 0 aliphatic carbocycles. The second-order valence-corrected chi connectivity index (χ2v) is 6.04. The van der Waals surface area contributed by atoms with Gasteiger partial charge in [-0.25, -0.2) is 9.97 Å². The molecule has 4 nitrogen and oxygen atoms in total. The van der Waals surface area contributed by atoms with Crippen molar-refractivity contribution in [1.29, 1.82) is 0 Å². The number of hydrogen-bond acceptors (Lipinski definition) is 2. The summed E-state index contributed by atoms with van der Waals surface area (Å²) >= 11 is 12.2. The number of nitrogens with zero attached hydrogens (tertiary/aromatic N) is 3. The van der Waals surface area contributed by atoms with Gasteiger partial charge in [-0.15, -0.1) is 0 Å². The lowest BCUT2D eigenvalue weighted by Crippen LogP contribution is -2.12. The molecule has 6 heteroatoms. The number of halogens is 2. The van der Waals surface area contributed by atoms with Crippen molar-refractivity contribution in [3.05, 3.63) is 82.6 Å². The van der Waals surface area contributed by atoms with Crippen molar-refractivity contribution in [2.75, 3.05) is 0 Å². The molecule has 2 aromatic heterocycles. The Kier molecular flexibility index (Phi) is 3.56. The molecule has 114 valence electrons. The average Bonchev–Trinajstić information content (AvgIpc) is 3.20. The Morgan fingerprint density at radius 1 is 1.04 bits per heavy atom. The van der Waals surface area contributed by atoms with E-state index in [4.69, 9.17) is 28.2 Å². The topological polar surface area (TPSA) is 46.5 Å². The number of para-hydroxylation sites is 2. The van der Waals surface area contributed by atoms with Gasteiger partial charge in [0.15, 0.2) is 0 Å². The quantitative estimate of drug-likeness (QED) is 0.586. The third-order valence-electron chi connectivity index (χ3n) is 3.75. The fourth-order valence-corrected chi connectivity index (χ4v) is 2.98. The van der Waals surface area contributed by atoms with Crippen molar-refractivity contribution in [3.63, 3.8) is 0 Å². The highest BCUT2D eigenvalue weighted by atomic mass is 35.5. The Morgan fingerprint density at radius 3 is 2.65 bits per heavy atom. The fraction of sp³-hybridized carbons (Fsp3) is 0.0588. The van der Waals surface area contributed by atoms with Crippen LogP contribution in [0, 0.1) is 0 Å². The monoisotopic (exact) mass is 342 g/mol. The number of aromatic nitrogens is 4. The molecule has 0 amide bonds. The highest BCUT2D eigenvalue weighted by Crippen LogP contribution is 2.31. The summed E-state index contributed by atoms with van der Waals surface area (Å²) in [5.74, 6) is 0.822. The third kappa shape index (κ3) is 2.60. The highest BCUT2D eigenvalue weighted by molar-refractivity contribution is 6.42. The summed E-state index contributed by atoms with van der Waals surface area (Å²) in [6, 6.07) is 13.4. The molecule has 0 radical (unpaired) electrons. The summed E-state index contributed by atoms with van der Waals surface area (Å²) in [5.41, 5.74) is 2.90. The molecule has 2 aromatic carbocycles. The van der Waals surface area contributed by atoms with Crippen LogP contribution in [0.3, 0.4) is 0 Å². The number of fused-ring (bicyclic) bond motifs is 1. The van der Waals surface area contributed by atoms with Crippen LogP contribution in [-0.4, -0.2) is 19.5 Å². The minimum absolute atomic E-state index is 0.153. The highest BCUT2D eigenvalue weighted by Gasteiger charge is 2.20. The molecule has 0 bridgehead atoms. The molecular weight excluding hydrogens is 331 g/mol. The number of nitrogens with one attached hydrogen (secondary N) is 1. The second-order valence-electron chi connectivity index (χ2n) is 5.23. The van der Waals surface area contributed by atoms with E-state index in [9.17, 15) is 0 Å². The molecule has 2 heterocycles. The van der Waals surface area contributed by atoms with Crippen molar-refractivity contribution in [2.24, 2.45) is 0 Å². The number of H-pyrrole nitrogens is 1. The first-order chi connectivity index (χ1) is 11.2. The molecule has 0 aliphatic heterocycles. The van der Waals surface area contributed by atoms with Crippen molar-refractivity contribution in [2.45, 2.75) is 6.04 Å². The molecule has 4 rings (SSSR count). The minimum Gasteiger partial charge on any atom is -0.340 e. The van der Waals surface area contributed by atoms with E-state index >= 15 is 0 Å². The van der Waals surface area contributed by atoms with Crippen LogP contribution in [-0.2, 0) is 0 Å². The van der Waals surface area contributed by atoms with Crippen LogP contribution >= 0.6 is 23.2 Å². The SMILES string of the molecule is Clc1ccc(C(c2nc3ccccc3[nH]2)n2ccnc2)cc1Cl. The van der Waals surface area contributed by atoms with Crippen LogP contribution < -0.4 is 0 Å². The zero-order valence-corrected chi connectivity index (χ0v) is 13.5. The Hall–Kier alpha value is -2.30. The normalized spacial score (nSPS) is 12.6. The zero-order valence-electron chi connectivity index (χ0n) is 11.9. The van der Waals surface area contributed by atoms with Crippen LogP contribution in [0.25, 0.3) is 11.0 Å². The molecule has 1 unspecified atom stereocenters. The predicted octanol–water partition coefficient (Wildman–Crippen LogP) is 4.70. The van der Waals surface area contributed by atoms with E-state index in [1.807, 2.05) is 47.2 Å². The summed E-state index contributed by atoms with van der Waals surface area (Å²) in [4.78, 5) is 12.2. The largest absolute Gasteiger partial charge is 0.340 e. The smallest absolute Gasteiger partial charge is 0.135 e. The number of imidazole rings is 2. The van der Waals surface area contributed by atoms with Gasteiger partial charge in [-0.3, -0.25) is 0 Å². The maximum Gasteiger partial charge on any atom is 0.135 e. The van der Waals surface area contributed by atoms with Gasteiger partial charge in [-0.1, -0.05) is 41.4 Å². The molecule has 1 N–H and O–H groups in total. The first-order valence-electron chi connectivity index (χ1n) is 7.09. The summed E-state index contributed by atoms with van der Waals surface area (Å²) in [6.45, 7) is 0. The van der Waals surface area contributed by atoms with Crippen LogP contribution in [0.1, 0.15) is 17.4 Å². The molecule has 23 heavy (non-hydrogen) atoms. The van der Waals surface area contributed by atoms with E-state index in [1.54, 1.807) is 18.6 Å². The fourth-order valence-electron chi connectivity index (χ4n) is 2.68. The molecule has 4 aromatic rings. The standard InChI is InChI=1S/C17H12Cl2N4/c18-12-6-5-11(9-13(12)19)16(23-8-7-20-10-23)17-21-14-3-1-2-4-15(14)22-17/h1-10,16H,(H,21,22). The zero-order chi connectivity index (χ0) is 15.8. The number of hydrogen-bond donors (Lipinski definition) is 1. The Morgan fingerprint density at radius 2 is 1.91 bits per heavy atom. The van der Waals surface area contributed by atoms with E-state index in [0.29, 0.717) is 10.0 Å². The number of aromatic amines is 1. The van der Waals surface area contributed by atoms with Crippen molar-refractivity contribution >= 4 is 34.2 Å². The van der Waals surface area contributed by atoms with Gasteiger partial charge in [0.2, 0.25) is 0 Å². The van der Waals surface area contributed by atoms with Gasteiger partial charge in [0.1, 0.15) is 11.9 Å². The van der Waals surface area contributed by atoms with E-state index in [-0.39, 0.29) is 6.04 Å². The molecule has 0 saturated carbocycles. The third-order valence-corrected chi connectivity index (χ3v) is 4.49. The summed E-state index contributed by atoms with van der Waals surface area (Å²) in [7, 11) is 0. The number of rotatable bonds is 3. The van der Waals surface area contributed by atoms with Crippen LogP contribution in [0.4, 0.5) is 0 Å².